The summed E-state index contributed by atoms with van der Waals surface area (Å²) >= 11 is 1.55. The summed E-state index contributed by atoms with van der Waals surface area (Å²) in [6.07, 6.45) is 8.00. The average Bonchev–Trinajstić information content (AvgIpc) is 3.28. The zero-order valence-corrected chi connectivity index (χ0v) is 22.6. The minimum atomic E-state index is -0.913. The molecule has 0 radical (unpaired) electrons. The maximum Gasteiger partial charge on any atom is 0.251 e. The Hall–Kier alpha value is -3.88. The first-order valence-electron chi connectivity index (χ1n) is 13.6. The van der Waals surface area contributed by atoms with E-state index >= 15 is 0 Å². The molecule has 7 nitrogen and oxygen atoms in total. The first-order valence-corrected chi connectivity index (χ1v) is 14.5. The summed E-state index contributed by atoms with van der Waals surface area (Å²) in [6, 6.07) is 22.6. The number of aliphatic hydroxyl groups excluding tert-OH is 1. The van der Waals surface area contributed by atoms with Crippen LogP contribution < -0.4 is 9.80 Å². The summed E-state index contributed by atoms with van der Waals surface area (Å²) in [5, 5.41) is 11.8. The summed E-state index contributed by atoms with van der Waals surface area (Å²) in [5.74, 6) is -1.87. The van der Waals surface area contributed by atoms with Gasteiger partial charge in [0.25, 0.3) is 5.91 Å². The zero-order chi connectivity index (χ0) is 27.4. The molecule has 202 valence electrons. The summed E-state index contributed by atoms with van der Waals surface area (Å²) in [4.78, 5) is 47.8. The lowest BCUT2D eigenvalue weighted by Crippen LogP contribution is -2.53. The van der Waals surface area contributed by atoms with Crippen LogP contribution in [0.15, 0.2) is 97.1 Å². The Balaban J connectivity index is 1.31. The number of rotatable bonds is 4. The van der Waals surface area contributed by atoms with Crippen molar-refractivity contribution in [2.75, 3.05) is 36.0 Å². The second kappa shape index (κ2) is 9.64. The first kappa shape index (κ1) is 25.1. The van der Waals surface area contributed by atoms with Crippen LogP contribution in [0, 0.1) is 11.8 Å². The number of hydrogen-bond donors (Lipinski definition) is 1. The Labute approximate surface area is 236 Å². The van der Waals surface area contributed by atoms with Gasteiger partial charge >= 0.3 is 0 Å². The van der Waals surface area contributed by atoms with E-state index in [1.165, 1.54) is 4.90 Å². The van der Waals surface area contributed by atoms with Gasteiger partial charge in [0.2, 0.25) is 11.8 Å². The number of fused-ring (bicyclic) bond motifs is 3. The molecule has 0 saturated carbocycles. The van der Waals surface area contributed by atoms with Crippen LogP contribution in [0.4, 0.5) is 11.4 Å². The van der Waals surface area contributed by atoms with E-state index in [1.807, 2.05) is 97.1 Å². The van der Waals surface area contributed by atoms with Gasteiger partial charge in [-0.2, -0.15) is 0 Å². The van der Waals surface area contributed by atoms with Gasteiger partial charge < -0.3 is 19.8 Å². The largest absolute Gasteiger partial charge is 0.395 e. The third kappa shape index (κ3) is 3.66. The molecule has 2 fully saturated rings. The standard InChI is InChI=1S/C32H29N3O4S/c36-19-18-35-28-31(39)34(24-14-13-21-8-4-5-9-22(21)20-24)17-7-15-32(28)27(30(35)38)26-25(40-32)12-6-16-33(29(26)37)23-10-2-1-3-11-23/h1-15,20,25-28,36H,16-19H2/t25-,26+,27-,28?,32-/m0/s1. The number of benzene rings is 3. The molecule has 3 aromatic rings. The van der Waals surface area contributed by atoms with Crippen LogP contribution in [-0.2, 0) is 14.4 Å². The molecular formula is C32H29N3O4S. The minimum absolute atomic E-state index is 0.0390. The molecule has 0 bridgehead atoms. The van der Waals surface area contributed by atoms with Gasteiger partial charge in [0.15, 0.2) is 0 Å². The normalized spacial score (nSPS) is 29.4. The molecule has 0 aliphatic carbocycles. The predicted octanol–water partition coefficient (Wildman–Crippen LogP) is 3.64. The number of β-amino-alcohol motifs (C(OH)–C–C–N with tert-alkyl or cyclic N) is 1. The number of hydrogen-bond acceptors (Lipinski definition) is 5. The van der Waals surface area contributed by atoms with Gasteiger partial charge in [0, 0.05) is 36.3 Å². The number of anilines is 2. The Bertz CT molecular complexity index is 1570. The molecule has 4 aliphatic rings. The topological polar surface area (TPSA) is 81.2 Å². The molecule has 7 rings (SSSR count). The summed E-state index contributed by atoms with van der Waals surface area (Å²) in [6.45, 7) is 0.565. The number of thioether (sulfide) groups is 1. The quantitative estimate of drug-likeness (QED) is 0.501. The maximum absolute atomic E-state index is 14.5. The molecule has 0 aromatic heterocycles. The smallest absolute Gasteiger partial charge is 0.251 e. The Morgan fingerprint density at radius 2 is 1.52 bits per heavy atom. The van der Waals surface area contributed by atoms with E-state index in [0.29, 0.717) is 13.1 Å². The van der Waals surface area contributed by atoms with Crippen molar-refractivity contribution >= 4 is 51.6 Å². The third-order valence-electron chi connectivity index (χ3n) is 8.61. The Morgan fingerprint density at radius 1 is 0.800 bits per heavy atom. The monoisotopic (exact) mass is 551 g/mol. The van der Waals surface area contributed by atoms with E-state index in [4.69, 9.17) is 0 Å². The van der Waals surface area contributed by atoms with Crippen LogP contribution >= 0.6 is 11.8 Å². The van der Waals surface area contributed by atoms with Gasteiger partial charge in [0.05, 0.1) is 23.2 Å². The number of nitrogens with zero attached hydrogens (tertiary/aromatic N) is 3. The van der Waals surface area contributed by atoms with E-state index in [0.717, 1.165) is 22.1 Å². The van der Waals surface area contributed by atoms with Crippen molar-refractivity contribution in [2.24, 2.45) is 11.8 Å². The fraction of sp³-hybridized carbons (Fsp3) is 0.281. The highest BCUT2D eigenvalue weighted by atomic mass is 32.2. The molecular weight excluding hydrogens is 522 g/mol. The van der Waals surface area contributed by atoms with E-state index in [1.54, 1.807) is 21.6 Å². The van der Waals surface area contributed by atoms with E-state index in [-0.39, 0.29) is 36.1 Å². The highest BCUT2D eigenvalue weighted by Crippen LogP contribution is 2.61. The van der Waals surface area contributed by atoms with Crippen molar-refractivity contribution in [1.29, 1.82) is 0 Å². The molecule has 1 N–H and O–H groups in total. The molecule has 40 heavy (non-hydrogen) atoms. The van der Waals surface area contributed by atoms with Gasteiger partial charge in [-0.25, -0.2) is 0 Å². The Kier molecular flexibility index (Phi) is 6.05. The molecule has 1 unspecified atom stereocenters. The van der Waals surface area contributed by atoms with Gasteiger partial charge in [-0.15, -0.1) is 11.8 Å². The molecule has 4 heterocycles. The Morgan fingerprint density at radius 3 is 2.33 bits per heavy atom. The zero-order valence-electron chi connectivity index (χ0n) is 21.8. The second-order valence-corrected chi connectivity index (χ2v) is 12.2. The predicted molar refractivity (Wildman–Crippen MR) is 157 cm³/mol. The maximum atomic E-state index is 14.5. The number of para-hydroxylation sites is 1. The summed E-state index contributed by atoms with van der Waals surface area (Å²) in [7, 11) is 0. The van der Waals surface area contributed by atoms with E-state index in [9.17, 15) is 19.5 Å². The number of amides is 3. The highest BCUT2D eigenvalue weighted by Gasteiger charge is 2.71. The lowest BCUT2D eigenvalue weighted by atomic mass is 9.78. The van der Waals surface area contributed by atoms with Crippen LogP contribution in [0.2, 0.25) is 0 Å². The van der Waals surface area contributed by atoms with Crippen molar-refractivity contribution in [2.45, 2.75) is 16.0 Å². The summed E-state index contributed by atoms with van der Waals surface area (Å²) < 4.78 is -0.913. The molecule has 8 heteroatoms. The molecule has 3 aromatic carbocycles. The third-order valence-corrected chi connectivity index (χ3v) is 10.4. The van der Waals surface area contributed by atoms with Crippen LogP contribution in [0.25, 0.3) is 10.8 Å². The van der Waals surface area contributed by atoms with Crippen LogP contribution in [0.5, 0.6) is 0 Å². The van der Waals surface area contributed by atoms with Crippen LogP contribution in [-0.4, -0.2) is 70.0 Å². The van der Waals surface area contributed by atoms with Crippen molar-refractivity contribution < 1.29 is 19.5 Å². The minimum Gasteiger partial charge on any atom is -0.395 e. The molecule has 4 aliphatic heterocycles. The van der Waals surface area contributed by atoms with Gasteiger partial charge in [-0.3, -0.25) is 14.4 Å². The van der Waals surface area contributed by atoms with Crippen LogP contribution in [0.1, 0.15) is 0 Å². The van der Waals surface area contributed by atoms with Crippen molar-refractivity contribution in [1.82, 2.24) is 4.90 Å². The SMILES string of the molecule is O=C1C2N(CCO)C(=O)[C@@H]3[C@@H]4C(=O)N(c5ccccc5)CC=C[C@@H]4S[C@]23C=CCN1c1ccc2ccccc2c1. The van der Waals surface area contributed by atoms with Crippen molar-refractivity contribution in [3.63, 3.8) is 0 Å². The average molecular weight is 552 g/mol. The number of likely N-dealkylation sites (tertiary alicyclic amines) is 1. The fourth-order valence-corrected chi connectivity index (χ4v) is 8.91. The highest BCUT2D eigenvalue weighted by molar-refractivity contribution is 8.02. The molecule has 1 spiro atoms. The lowest BCUT2D eigenvalue weighted by Gasteiger charge is -2.35. The van der Waals surface area contributed by atoms with Crippen molar-refractivity contribution in [3.05, 3.63) is 97.1 Å². The second-order valence-electron chi connectivity index (χ2n) is 10.7. The van der Waals surface area contributed by atoms with E-state index in [2.05, 4.69) is 0 Å². The van der Waals surface area contributed by atoms with Gasteiger partial charge in [-0.05, 0) is 35.0 Å². The van der Waals surface area contributed by atoms with Crippen molar-refractivity contribution in [3.8, 4) is 0 Å². The van der Waals surface area contributed by atoms with E-state index < -0.39 is 22.6 Å². The number of aliphatic hydroxyl groups is 1. The molecule has 2 saturated heterocycles. The number of carbonyl (C=O) groups is 3. The van der Waals surface area contributed by atoms with Gasteiger partial charge in [-0.1, -0.05) is 72.8 Å². The summed E-state index contributed by atoms with van der Waals surface area (Å²) in [5.41, 5.74) is 1.54. The number of carbonyl (C=O) groups excluding carboxylic acids is 3. The first-order chi connectivity index (χ1) is 19.5. The lowest BCUT2D eigenvalue weighted by molar-refractivity contribution is -0.139. The van der Waals surface area contributed by atoms with Gasteiger partial charge in [0.1, 0.15) is 6.04 Å². The van der Waals surface area contributed by atoms with Crippen LogP contribution in [0.3, 0.4) is 0 Å². The fourth-order valence-electron chi connectivity index (χ4n) is 6.90. The molecule has 3 amide bonds. The molecule has 5 atom stereocenters.